The third kappa shape index (κ3) is 3.19. The third-order valence-electron chi connectivity index (χ3n) is 3.67. The molecule has 2 rings (SSSR count). The Hall–Kier alpha value is -2.41. The number of rotatable bonds is 3. The van der Waals surface area contributed by atoms with E-state index in [9.17, 15) is 0 Å². The van der Waals surface area contributed by atoms with Crippen LogP contribution in [0.15, 0.2) is 17.1 Å². The van der Waals surface area contributed by atoms with Crippen LogP contribution in [0.4, 0.5) is 0 Å². The van der Waals surface area contributed by atoms with Crippen molar-refractivity contribution >= 4 is 16.9 Å². The number of hydrogen-bond donors (Lipinski definition) is 3. The number of nitrogens with one attached hydrogen (secondary N) is 3. The zero-order chi connectivity index (χ0) is 15.4. The predicted octanol–water partition coefficient (Wildman–Crippen LogP) is 2.39. The lowest BCUT2D eigenvalue weighted by molar-refractivity contribution is 0.854. The van der Waals surface area contributed by atoms with Crippen LogP contribution in [-0.4, -0.2) is 24.5 Å². The summed E-state index contributed by atoms with van der Waals surface area (Å²) in [5, 5.41) is 7.64. The first-order valence-electron chi connectivity index (χ1n) is 7.03. The van der Waals surface area contributed by atoms with Gasteiger partial charge in [-0.2, -0.15) is 0 Å². The summed E-state index contributed by atoms with van der Waals surface area (Å²) in [4.78, 5) is 7.63. The maximum Gasteiger partial charge on any atom is 0.192 e. The monoisotopic (exact) mass is 282 g/mol. The van der Waals surface area contributed by atoms with E-state index in [2.05, 4.69) is 59.4 Å². The number of aliphatic imine (C=N–C) groups is 1. The summed E-state index contributed by atoms with van der Waals surface area (Å²) in [5.41, 5.74) is 6.20. The van der Waals surface area contributed by atoms with Crippen LogP contribution in [-0.2, 0) is 6.54 Å². The number of guanidine groups is 1. The molecule has 0 spiro atoms. The summed E-state index contributed by atoms with van der Waals surface area (Å²) in [7, 11) is 1.74. The molecule has 1 aromatic heterocycles. The molecule has 4 heteroatoms. The summed E-state index contributed by atoms with van der Waals surface area (Å²) in [6.45, 7) is 7.54. The van der Waals surface area contributed by atoms with E-state index >= 15 is 0 Å². The van der Waals surface area contributed by atoms with Gasteiger partial charge in [0, 0.05) is 24.7 Å². The number of aryl methyl sites for hydroxylation is 3. The molecular formula is C17H22N4. The summed E-state index contributed by atoms with van der Waals surface area (Å²) in [5.74, 6) is 3.25. The van der Waals surface area contributed by atoms with Crippen LogP contribution in [0.3, 0.4) is 0 Å². The normalized spacial score (nSPS) is 11.5. The fourth-order valence-electron chi connectivity index (χ4n) is 2.46. The van der Waals surface area contributed by atoms with Crippen molar-refractivity contribution in [1.82, 2.24) is 15.6 Å². The maximum atomic E-state index is 5.25. The molecule has 0 fully saturated rings. The van der Waals surface area contributed by atoms with E-state index < -0.39 is 0 Å². The average Bonchev–Trinajstić information content (AvgIpc) is 2.75. The number of aromatic amines is 1. The molecule has 0 aliphatic carbocycles. The first kappa shape index (κ1) is 15.0. The Morgan fingerprint density at radius 3 is 2.71 bits per heavy atom. The maximum absolute atomic E-state index is 5.25. The van der Waals surface area contributed by atoms with Crippen LogP contribution < -0.4 is 10.6 Å². The number of hydrogen-bond acceptors (Lipinski definition) is 1. The van der Waals surface area contributed by atoms with Crippen LogP contribution in [0.5, 0.6) is 0 Å². The van der Waals surface area contributed by atoms with Crippen molar-refractivity contribution in [2.75, 3.05) is 13.6 Å². The van der Waals surface area contributed by atoms with Gasteiger partial charge < -0.3 is 15.6 Å². The molecule has 0 radical (unpaired) electrons. The van der Waals surface area contributed by atoms with Crippen molar-refractivity contribution in [2.45, 2.75) is 27.3 Å². The minimum Gasteiger partial charge on any atom is -0.358 e. The van der Waals surface area contributed by atoms with Gasteiger partial charge in [-0.3, -0.25) is 4.99 Å². The summed E-state index contributed by atoms with van der Waals surface area (Å²) in [6, 6.07) is 4.42. The first-order chi connectivity index (χ1) is 10.1. The van der Waals surface area contributed by atoms with E-state index in [1.807, 2.05) is 0 Å². The second-order valence-corrected chi connectivity index (χ2v) is 5.21. The second kappa shape index (κ2) is 6.36. The highest BCUT2D eigenvalue weighted by Gasteiger charge is 2.09. The topological polar surface area (TPSA) is 52.2 Å². The SMILES string of the molecule is C#CCNC(=NC)NCc1cc(C)cc2c(C)c(C)[nH]c12. The molecule has 110 valence electrons. The Labute approximate surface area is 126 Å². The Kier molecular flexibility index (Phi) is 4.54. The van der Waals surface area contributed by atoms with Crippen molar-refractivity contribution in [2.24, 2.45) is 4.99 Å². The van der Waals surface area contributed by atoms with Gasteiger partial charge in [-0.05, 0) is 38.0 Å². The molecule has 0 amide bonds. The van der Waals surface area contributed by atoms with Gasteiger partial charge in [0.2, 0.25) is 0 Å². The van der Waals surface area contributed by atoms with E-state index in [1.54, 1.807) is 7.05 Å². The van der Waals surface area contributed by atoms with Crippen LogP contribution in [0.25, 0.3) is 10.9 Å². The van der Waals surface area contributed by atoms with Crippen molar-refractivity contribution in [3.63, 3.8) is 0 Å². The smallest absolute Gasteiger partial charge is 0.192 e. The Morgan fingerprint density at radius 1 is 1.29 bits per heavy atom. The zero-order valence-electron chi connectivity index (χ0n) is 13.1. The molecule has 0 atom stereocenters. The third-order valence-corrected chi connectivity index (χ3v) is 3.67. The molecule has 21 heavy (non-hydrogen) atoms. The molecule has 0 bridgehead atoms. The van der Waals surface area contributed by atoms with E-state index in [4.69, 9.17) is 6.42 Å². The minimum atomic E-state index is 0.462. The number of terminal acetylenes is 1. The van der Waals surface area contributed by atoms with E-state index in [1.165, 1.54) is 33.3 Å². The summed E-state index contributed by atoms with van der Waals surface area (Å²) in [6.07, 6.45) is 5.25. The molecular weight excluding hydrogens is 260 g/mol. The highest BCUT2D eigenvalue weighted by molar-refractivity contribution is 5.88. The van der Waals surface area contributed by atoms with E-state index in [-0.39, 0.29) is 0 Å². The molecule has 0 aliphatic heterocycles. The van der Waals surface area contributed by atoms with Crippen molar-refractivity contribution < 1.29 is 0 Å². The molecule has 0 saturated carbocycles. The van der Waals surface area contributed by atoms with Gasteiger partial charge in [-0.25, -0.2) is 0 Å². The quantitative estimate of drug-likeness (QED) is 0.460. The molecule has 3 N–H and O–H groups in total. The van der Waals surface area contributed by atoms with E-state index in [0.29, 0.717) is 19.0 Å². The summed E-state index contributed by atoms with van der Waals surface area (Å²) < 4.78 is 0. The number of aromatic nitrogens is 1. The lowest BCUT2D eigenvalue weighted by Gasteiger charge is -2.11. The average molecular weight is 282 g/mol. The molecule has 1 aromatic carbocycles. The van der Waals surface area contributed by atoms with E-state index in [0.717, 1.165) is 0 Å². The van der Waals surface area contributed by atoms with Crippen molar-refractivity contribution in [3.05, 3.63) is 34.5 Å². The fraction of sp³-hybridized carbons (Fsp3) is 0.353. The van der Waals surface area contributed by atoms with Gasteiger partial charge in [0.1, 0.15) is 0 Å². The second-order valence-electron chi connectivity index (χ2n) is 5.21. The standard InChI is InChI=1S/C17H22N4/c1-6-7-19-17(18-5)20-10-14-8-11(2)9-15-12(3)13(4)21-16(14)15/h1,8-9,21H,7,10H2,2-5H3,(H2,18,19,20). The van der Waals surface area contributed by atoms with Crippen molar-refractivity contribution in [3.8, 4) is 12.3 Å². The number of benzene rings is 1. The number of fused-ring (bicyclic) bond motifs is 1. The van der Waals surface area contributed by atoms with Crippen LogP contribution >= 0.6 is 0 Å². The largest absolute Gasteiger partial charge is 0.358 e. The lowest BCUT2D eigenvalue weighted by Crippen LogP contribution is -2.36. The molecule has 0 aliphatic rings. The van der Waals surface area contributed by atoms with Gasteiger partial charge in [0.25, 0.3) is 0 Å². The number of H-pyrrole nitrogens is 1. The highest BCUT2D eigenvalue weighted by atomic mass is 15.2. The van der Waals surface area contributed by atoms with Crippen molar-refractivity contribution in [1.29, 1.82) is 0 Å². The molecule has 4 nitrogen and oxygen atoms in total. The Bertz CT molecular complexity index is 716. The summed E-state index contributed by atoms with van der Waals surface area (Å²) >= 11 is 0. The minimum absolute atomic E-state index is 0.462. The molecule has 1 heterocycles. The first-order valence-corrected chi connectivity index (χ1v) is 7.03. The Morgan fingerprint density at radius 2 is 2.05 bits per heavy atom. The predicted molar refractivity (Wildman–Crippen MR) is 89.5 cm³/mol. The highest BCUT2D eigenvalue weighted by Crippen LogP contribution is 2.25. The van der Waals surface area contributed by atoms with Gasteiger partial charge in [0.15, 0.2) is 5.96 Å². The van der Waals surface area contributed by atoms with Gasteiger partial charge >= 0.3 is 0 Å². The molecule has 2 aromatic rings. The molecule has 0 unspecified atom stereocenters. The van der Waals surface area contributed by atoms with Gasteiger partial charge in [-0.15, -0.1) is 6.42 Å². The van der Waals surface area contributed by atoms with Crippen LogP contribution in [0.1, 0.15) is 22.4 Å². The number of nitrogens with zero attached hydrogens (tertiary/aromatic N) is 1. The Balaban J connectivity index is 2.26. The lowest BCUT2D eigenvalue weighted by atomic mass is 10.0. The van der Waals surface area contributed by atoms with Crippen LogP contribution in [0.2, 0.25) is 0 Å². The van der Waals surface area contributed by atoms with Gasteiger partial charge in [0.05, 0.1) is 12.1 Å². The fourth-order valence-corrected chi connectivity index (χ4v) is 2.46. The van der Waals surface area contributed by atoms with Crippen LogP contribution in [0, 0.1) is 33.1 Å². The van der Waals surface area contributed by atoms with Gasteiger partial charge in [-0.1, -0.05) is 17.6 Å². The molecule has 0 saturated heterocycles. The zero-order valence-corrected chi connectivity index (χ0v) is 13.1.